The highest BCUT2D eigenvalue weighted by Gasteiger charge is 2.20. The summed E-state index contributed by atoms with van der Waals surface area (Å²) in [5.41, 5.74) is 0. The molecule has 0 heterocycles. The maximum Gasteiger partial charge on any atom is 0.217 e. The normalized spacial score (nSPS) is 14.7. The molecule has 0 amide bonds. The summed E-state index contributed by atoms with van der Waals surface area (Å²) in [4.78, 5) is 0. The number of hydrogen-bond acceptors (Lipinski definition) is 3. The summed E-state index contributed by atoms with van der Waals surface area (Å²) >= 11 is 0. The molecule has 0 aliphatic heterocycles. The van der Waals surface area contributed by atoms with Crippen LogP contribution in [0.5, 0.6) is 0 Å². The van der Waals surface area contributed by atoms with E-state index >= 15 is 0 Å². The smallest absolute Gasteiger partial charge is 0.217 e. The van der Waals surface area contributed by atoms with Crippen LogP contribution in [0.25, 0.3) is 0 Å². The van der Waals surface area contributed by atoms with Gasteiger partial charge in [-0.3, -0.25) is 0 Å². The van der Waals surface area contributed by atoms with Crippen LogP contribution < -0.4 is 0 Å². The van der Waals surface area contributed by atoms with Crippen molar-refractivity contribution in [1.82, 2.24) is 4.31 Å². The van der Waals surface area contributed by atoms with Gasteiger partial charge in [-0.05, 0) is 6.92 Å². The highest BCUT2D eigenvalue weighted by molar-refractivity contribution is 7.89. The SMILES string of the molecule is C=CCS(=O)(=O)N(C)C(C)CO. The van der Waals surface area contributed by atoms with Crippen molar-refractivity contribution in [2.75, 3.05) is 19.4 Å². The van der Waals surface area contributed by atoms with E-state index in [1.54, 1.807) is 6.92 Å². The monoisotopic (exact) mass is 193 g/mol. The molecule has 1 atom stereocenters. The summed E-state index contributed by atoms with van der Waals surface area (Å²) in [6, 6.07) is -0.380. The number of aliphatic hydroxyl groups excluding tert-OH is 1. The van der Waals surface area contributed by atoms with Crippen molar-refractivity contribution < 1.29 is 13.5 Å². The van der Waals surface area contributed by atoms with E-state index in [1.165, 1.54) is 13.1 Å². The lowest BCUT2D eigenvalue weighted by Crippen LogP contribution is -2.38. The zero-order valence-corrected chi connectivity index (χ0v) is 8.21. The van der Waals surface area contributed by atoms with Gasteiger partial charge in [0.1, 0.15) is 0 Å². The largest absolute Gasteiger partial charge is 0.395 e. The Balaban J connectivity index is 4.45. The van der Waals surface area contributed by atoms with Crippen molar-refractivity contribution in [3.8, 4) is 0 Å². The average molecular weight is 193 g/mol. The summed E-state index contributed by atoms with van der Waals surface area (Å²) < 4.78 is 23.7. The van der Waals surface area contributed by atoms with E-state index in [2.05, 4.69) is 6.58 Å². The number of sulfonamides is 1. The van der Waals surface area contributed by atoms with Crippen LogP contribution in [0.4, 0.5) is 0 Å². The third-order valence-electron chi connectivity index (χ3n) is 1.65. The van der Waals surface area contributed by atoms with E-state index in [9.17, 15) is 8.42 Å². The van der Waals surface area contributed by atoms with Crippen LogP contribution in [0, 0.1) is 0 Å². The standard InChI is InChI=1S/C7H15NO3S/c1-4-5-12(10,11)8(3)7(2)6-9/h4,7,9H,1,5-6H2,2-3H3. The first-order valence-corrected chi connectivity index (χ1v) is 5.24. The van der Waals surface area contributed by atoms with Crippen molar-refractivity contribution in [2.45, 2.75) is 13.0 Å². The molecule has 1 N–H and O–H groups in total. The van der Waals surface area contributed by atoms with Gasteiger partial charge in [0.05, 0.1) is 12.4 Å². The van der Waals surface area contributed by atoms with Gasteiger partial charge in [0.25, 0.3) is 0 Å². The number of nitrogens with zero attached hydrogens (tertiary/aromatic N) is 1. The van der Waals surface area contributed by atoms with Crippen molar-refractivity contribution in [2.24, 2.45) is 0 Å². The zero-order valence-electron chi connectivity index (χ0n) is 7.40. The minimum atomic E-state index is -3.27. The Kier molecular flexibility index (Phi) is 4.44. The fourth-order valence-electron chi connectivity index (χ4n) is 0.656. The van der Waals surface area contributed by atoms with Crippen LogP contribution in [0.3, 0.4) is 0 Å². The van der Waals surface area contributed by atoms with E-state index in [4.69, 9.17) is 5.11 Å². The molecule has 0 radical (unpaired) electrons. The maximum atomic E-state index is 11.3. The minimum Gasteiger partial charge on any atom is -0.395 e. The highest BCUT2D eigenvalue weighted by Crippen LogP contribution is 2.03. The van der Waals surface area contributed by atoms with Gasteiger partial charge in [0.2, 0.25) is 10.0 Å². The molecule has 72 valence electrons. The quantitative estimate of drug-likeness (QED) is 0.616. The molecule has 0 aromatic rings. The first kappa shape index (κ1) is 11.6. The van der Waals surface area contributed by atoms with E-state index in [1.807, 2.05) is 0 Å². The molecule has 12 heavy (non-hydrogen) atoms. The number of rotatable bonds is 5. The van der Waals surface area contributed by atoms with Gasteiger partial charge in [-0.2, -0.15) is 4.31 Å². The second-order valence-electron chi connectivity index (χ2n) is 2.62. The molecule has 0 saturated carbocycles. The second-order valence-corrected chi connectivity index (χ2v) is 4.69. The number of aliphatic hydroxyl groups is 1. The summed E-state index contributed by atoms with van der Waals surface area (Å²) in [5, 5.41) is 8.70. The third kappa shape index (κ3) is 2.92. The van der Waals surface area contributed by atoms with E-state index in [0.717, 1.165) is 4.31 Å². The van der Waals surface area contributed by atoms with Gasteiger partial charge in [-0.25, -0.2) is 8.42 Å². The maximum absolute atomic E-state index is 11.3. The van der Waals surface area contributed by atoms with Crippen LogP contribution in [-0.2, 0) is 10.0 Å². The molecule has 0 saturated heterocycles. The van der Waals surface area contributed by atoms with Crippen molar-refractivity contribution in [1.29, 1.82) is 0 Å². The zero-order chi connectivity index (χ0) is 9.78. The molecule has 0 aromatic carbocycles. The molecule has 0 spiro atoms. The minimum absolute atomic E-state index is 0.0894. The molecule has 0 aliphatic rings. The second kappa shape index (κ2) is 4.59. The molecule has 1 unspecified atom stereocenters. The van der Waals surface area contributed by atoms with Crippen molar-refractivity contribution >= 4 is 10.0 Å². The Morgan fingerprint density at radius 1 is 1.67 bits per heavy atom. The summed E-state index contributed by atoms with van der Waals surface area (Å²) in [7, 11) is -1.82. The van der Waals surface area contributed by atoms with Crippen LogP contribution >= 0.6 is 0 Å². The lowest BCUT2D eigenvalue weighted by Gasteiger charge is -2.21. The molecule has 5 heteroatoms. The fraction of sp³-hybridized carbons (Fsp3) is 0.714. The van der Waals surface area contributed by atoms with Crippen LogP contribution in [0.1, 0.15) is 6.92 Å². The van der Waals surface area contributed by atoms with Crippen LogP contribution in [0.15, 0.2) is 12.7 Å². The summed E-state index contributed by atoms with van der Waals surface area (Å²) in [5.74, 6) is -0.0894. The molecule has 0 rings (SSSR count). The van der Waals surface area contributed by atoms with Gasteiger partial charge in [0, 0.05) is 13.1 Å². The molecule has 0 fully saturated rings. The predicted octanol–water partition coefficient (Wildman–Crippen LogP) is -0.185. The Labute approximate surface area is 73.6 Å². The van der Waals surface area contributed by atoms with Gasteiger partial charge >= 0.3 is 0 Å². The first-order chi connectivity index (χ1) is 5.45. The van der Waals surface area contributed by atoms with Crippen LogP contribution in [0.2, 0.25) is 0 Å². The lowest BCUT2D eigenvalue weighted by atomic mass is 10.4. The van der Waals surface area contributed by atoms with Gasteiger partial charge in [0.15, 0.2) is 0 Å². The Morgan fingerprint density at radius 3 is 2.50 bits per heavy atom. The van der Waals surface area contributed by atoms with Crippen molar-refractivity contribution in [3.05, 3.63) is 12.7 Å². The molecule has 0 bridgehead atoms. The average Bonchev–Trinajstić information content (AvgIpc) is 2.01. The van der Waals surface area contributed by atoms with E-state index in [0.29, 0.717) is 0 Å². The Bertz CT molecular complexity index is 235. The van der Waals surface area contributed by atoms with Crippen LogP contribution in [-0.4, -0.2) is 43.3 Å². The summed E-state index contributed by atoms with van der Waals surface area (Å²) in [6.07, 6.45) is 1.33. The Morgan fingerprint density at radius 2 is 2.17 bits per heavy atom. The lowest BCUT2D eigenvalue weighted by molar-refractivity contribution is 0.214. The van der Waals surface area contributed by atoms with E-state index in [-0.39, 0.29) is 18.4 Å². The molecule has 4 nitrogen and oxygen atoms in total. The first-order valence-electron chi connectivity index (χ1n) is 3.63. The molecule has 0 aromatic heterocycles. The highest BCUT2D eigenvalue weighted by atomic mass is 32.2. The predicted molar refractivity (Wildman–Crippen MR) is 48.3 cm³/mol. The molecular weight excluding hydrogens is 178 g/mol. The van der Waals surface area contributed by atoms with Gasteiger partial charge in [-0.15, -0.1) is 6.58 Å². The molecular formula is C7H15NO3S. The fourth-order valence-corrected chi connectivity index (χ4v) is 1.80. The van der Waals surface area contributed by atoms with Gasteiger partial charge in [-0.1, -0.05) is 6.08 Å². The Hall–Kier alpha value is -0.390. The number of hydrogen-bond donors (Lipinski definition) is 1. The third-order valence-corrected chi connectivity index (χ3v) is 3.55. The van der Waals surface area contributed by atoms with Gasteiger partial charge < -0.3 is 5.11 Å². The topological polar surface area (TPSA) is 57.6 Å². The molecule has 0 aliphatic carbocycles. The summed E-state index contributed by atoms with van der Waals surface area (Å²) in [6.45, 7) is 4.81. The van der Waals surface area contributed by atoms with Crippen molar-refractivity contribution in [3.63, 3.8) is 0 Å². The number of likely N-dealkylation sites (N-methyl/N-ethyl adjacent to an activating group) is 1. The van der Waals surface area contributed by atoms with E-state index < -0.39 is 10.0 Å².